The molecule has 0 bridgehead atoms. The Morgan fingerprint density at radius 1 is 1.20 bits per heavy atom. The fourth-order valence-corrected chi connectivity index (χ4v) is 3.61. The van der Waals surface area contributed by atoms with Crippen LogP contribution in [0.15, 0.2) is 60.0 Å². The third kappa shape index (κ3) is 4.27. The van der Waals surface area contributed by atoms with Crippen LogP contribution in [-0.2, 0) is 19.0 Å². The van der Waals surface area contributed by atoms with Crippen molar-refractivity contribution in [2.75, 3.05) is 6.54 Å². The Morgan fingerprint density at radius 2 is 2.07 bits per heavy atom. The van der Waals surface area contributed by atoms with E-state index in [9.17, 15) is 9.18 Å². The van der Waals surface area contributed by atoms with E-state index >= 15 is 0 Å². The van der Waals surface area contributed by atoms with Gasteiger partial charge >= 0.3 is 0 Å². The Morgan fingerprint density at radius 3 is 2.77 bits per heavy atom. The molecule has 3 aromatic heterocycles. The van der Waals surface area contributed by atoms with E-state index in [4.69, 9.17) is 0 Å². The molecule has 0 unspecified atom stereocenters. The number of carbonyl (C=O) groups is 1. The van der Waals surface area contributed by atoms with Crippen molar-refractivity contribution in [1.82, 2.24) is 25.1 Å². The number of aryl methyl sites for hydroxylation is 1. The number of hydrogen-bond acceptors (Lipinski definition) is 5. The predicted octanol–water partition coefficient (Wildman–Crippen LogP) is 2.30. The number of amides is 1. The molecular weight excluding hydrogens is 383 g/mol. The Kier molecular flexibility index (Phi) is 5.65. The number of nitrogens with one attached hydrogen (secondary N) is 1. The molecule has 1 aliphatic carbocycles. The Labute approximate surface area is 173 Å². The number of rotatable bonds is 6. The summed E-state index contributed by atoms with van der Waals surface area (Å²) in [6.07, 6.45) is 7.74. The highest BCUT2D eigenvalue weighted by molar-refractivity contribution is 5.93. The lowest BCUT2D eigenvalue weighted by Gasteiger charge is -2.40. The van der Waals surface area contributed by atoms with Gasteiger partial charge in [0.1, 0.15) is 11.3 Å². The van der Waals surface area contributed by atoms with Crippen molar-refractivity contribution in [2.45, 2.75) is 31.2 Å². The van der Waals surface area contributed by atoms with Crippen molar-refractivity contribution >= 4 is 5.91 Å². The van der Waals surface area contributed by atoms with E-state index in [0.29, 0.717) is 29.8 Å². The SMILES string of the molecule is Cn1ccc(CNC(=O)c2ccnc(=NCC3(c4ncccc4F)CCC3)cc2)n1. The molecule has 1 N–H and O–H groups in total. The second-order valence-corrected chi connectivity index (χ2v) is 7.54. The lowest BCUT2D eigenvalue weighted by molar-refractivity contribution is 0.0950. The summed E-state index contributed by atoms with van der Waals surface area (Å²) in [7, 11) is 1.83. The van der Waals surface area contributed by atoms with Gasteiger partial charge in [0.2, 0.25) is 0 Å². The minimum absolute atomic E-state index is 0.212. The van der Waals surface area contributed by atoms with Crippen molar-refractivity contribution in [3.63, 3.8) is 0 Å². The molecule has 1 aliphatic rings. The minimum Gasteiger partial charge on any atom is -0.346 e. The second-order valence-electron chi connectivity index (χ2n) is 7.54. The highest BCUT2D eigenvalue weighted by atomic mass is 19.1. The van der Waals surface area contributed by atoms with Crippen LogP contribution in [0.4, 0.5) is 4.39 Å². The number of pyridine rings is 1. The largest absolute Gasteiger partial charge is 0.346 e. The lowest BCUT2D eigenvalue weighted by Crippen LogP contribution is -2.39. The van der Waals surface area contributed by atoms with E-state index in [1.807, 2.05) is 19.3 Å². The van der Waals surface area contributed by atoms with Crippen molar-refractivity contribution in [3.05, 3.63) is 83.2 Å². The number of carbonyl (C=O) groups excluding carboxylic acids is 1. The summed E-state index contributed by atoms with van der Waals surface area (Å²) in [6.45, 7) is 0.764. The molecule has 30 heavy (non-hydrogen) atoms. The van der Waals surface area contributed by atoms with E-state index in [0.717, 1.165) is 25.0 Å². The summed E-state index contributed by atoms with van der Waals surface area (Å²) in [5.41, 5.74) is 1.88. The molecule has 0 aromatic carbocycles. The number of halogens is 1. The normalized spacial score (nSPS) is 15.5. The van der Waals surface area contributed by atoms with E-state index < -0.39 is 0 Å². The van der Waals surface area contributed by atoms with Crippen LogP contribution in [0, 0.1) is 5.82 Å². The third-order valence-corrected chi connectivity index (χ3v) is 5.45. The number of hydrogen-bond donors (Lipinski definition) is 1. The van der Waals surface area contributed by atoms with Crippen LogP contribution in [0.25, 0.3) is 0 Å². The topological polar surface area (TPSA) is 85.1 Å². The highest BCUT2D eigenvalue weighted by Crippen LogP contribution is 2.43. The summed E-state index contributed by atoms with van der Waals surface area (Å²) < 4.78 is 15.9. The molecule has 4 rings (SSSR count). The smallest absolute Gasteiger partial charge is 0.251 e. The first-order valence-electron chi connectivity index (χ1n) is 9.90. The van der Waals surface area contributed by atoms with E-state index in [-0.39, 0.29) is 17.1 Å². The van der Waals surface area contributed by atoms with Gasteiger partial charge in [-0.15, -0.1) is 0 Å². The van der Waals surface area contributed by atoms with Crippen molar-refractivity contribution in [1.29, 1.82) is 0 Å². The van der Waals surface area contributed by atoms with Gasteiger partial charge in [0, 0.05) is 36.6 Å². The summed E-state index contributed by atoms with van der Waals surface area (Å²) in [5, 5.41) is 7.08. The zero-order valence-electron chi connectivity index (χ0n) is 16.8. The van der Waals surface area contributed by atoms with Crippen LogP contribution in [0.1, 0.15) is 41.0 Å². The fraction of sp³-hybridized carbons (Fsp3) is 0.318. The molecule has 8 heteroatoms. The molecular formula is C22H23FN6O. The van der Waals surface area contributed by atoms with Crippen LogP contribution >= 0.6 is 0 Å². The van der Waals surface area contributed by atoms with Crippen LogP contribution in [0.2, 0.25) is 0 Å². The minimum atomic E-state index is -0.371. The first-order valence-corrected chi connectivity index (χ1v) is 9.90. The summed E-state index contributed by atoms with van der Waals surface area (Å²) in [6, 6.07) is 9.93. The summed E-state index contributed by atoms with van der Waals surface area (Å²) in [5.74, 6) is -0.499. The molecule has 3 aromatic rings. The zero-order valence-corrected chi connectivity index (χ0v) is 16.8. The van der Waals surface area contributed by atoms with Gasteiger partial charge in [0.05, 0.1) is 24.5 Å². The molecule has 1 fully saturated rings. The second kappa shape index (κ2) is 8.52. The maximum atomic E-state index is 14.3. The summed E-state index contributed by atoms with van der Waals surface area (Å²) >= 11 is 0. The van der Waals surface area contributed by atoms with Gasteiger partial charge in [-0.3, -0.25) is 19.5 Å². The average Bonchev–Trinajstić information content (AvgIpc) is 2.98. The van der Waals surface area contributed by atoms with Crippen LogP contribution < -0.4 is 10.8 Å². The van der Waals surface area contributed by atoms with Gasteiger partial charge in [-0.05, 0) is 49.2 Å². The molecule has 0 atom stereocenters. The molecule has 1 saturated carbocycles. The average molecular weight is 406 g/mol. The molecule has 154 valence electrons. The molecule has 0 radical (unpaired) electrons. The molecule has 1 amide bonds. The van der Waals surface area contributed by atoms with E-state index in [1.165, 1.54) is 6.07 Å². The molecule has 0 aliphatic heterocycles. The Balaban J connectivity index is 1.47. The van der Waals surface area contributed by atoms with E-state index in [2.05, 4.69) is 25.4 Å². The molecule has 0 saturated heterocycles. The molecule has 0 spiro atoms. The first-order chi connectivity index (χ1) is 14.6. The van der Waals surface area contributed by atoms with Crippen molar-refractivity contribution in [2.24, 2.45) is 12.0 Å². The van der Waals surface area contributed by atoms with Gasteiger partial charge in [-0.25, -0.2) is 9.37 Å². The van der Waals surface area contributed by atoms with Gasteiger partial charge in [-0.2, -0.15) is 5.10 Å². The Hall–Kier alpha value is -3.42. The van der Waals surface area contributed by atoms with E-state index in [1.54, 1.807) is 41.3 Å². The van der Waals surface area contributed by atoms with Gasteiger partial charge in [0.15, 0.2) is 0 Å². The van der Waals surface area contributed by atoms with Gasteiger partial charge in [0.25, 0.3) is 5.91 Å². The van der Waals surface area contributed by atoms with Crippen LogP contribution in [0.5, 0.6) is 0 Å². The molecule has 3 heterocycles. The first kappa shape index (κ1) is 19.9. The maximum absolute atomic E-state index is 14.3. The van der Waals surface area contributed by atoms with Gasteiger partial charge in [-0.1, -0.05) is 6.42 Å². The number of nitrogens with zero attached hydrogens (tertiary/aromatic N) is 5. The van der Waals surface area contributed by atoms with Crippen LogP contribution in [-0.4, -0.2) is 32.2 Å². The zero-order chi connectivity index (χ0) is 21.0. The quantitative estimate of drug-likeness (QED) is 0.681. The monoisotopic (exact) mass is 406 g/mol. The van der Waals surface area contributed by atoms with Crippen LogP contribution in [0.3, 0.4) is 0 Å². The van der Waals surface area contributed by atoms with Crippen molar-refractivity contribution in [3.8, 4) is 0 Å². The third-order valence-electron chi connectivity index (χ3n) is 5.45. The standard InChI is InChI=1S/C22H23FN6O/c1-29-13-8-17(28-29)14-26-21(30)16-5-6-19(24-12-7-16)27-15-22(9-3-10-22)20-18(23)4-2-11-25-20/h2,4-8,11-13H,3,9-10,14-15H2,1H3,(H,26,30). The van der Waals surface area contributed by atoms with Crippen molar-refractivity contribution < 1.29 is 9.18 Å². The fourth-order valence-electron chi connectivity index (χ4n) is 3.61. The van der Waals surface area contributed by atoms with Gasteiger partial charge < -0.3 is 5.32 Å². The lowest BCUT2D eigenvalue weighted by atomic mass is 9.66. The Bertz CT molecular complexity index is 1120. The highest BCUT2D eigenvalue weighted by Gasteiger charge is 2.41. The molecule has 7 nitrogen and oxygen atoms in total. The number of aromatic nitrogens is 4. The maximum Gasteiger partial charge on any atom is 0.251 e. The summed E-state index contributed by atoms with van der Waals surface area (Å²) in [4.78, 5) is 25.6. The predicted molar refractivity (Wildman–Crippen MR) is 109 cm³/mol.